The molecule has 0 N–H and O–H groups in total. The Kier molecular flexibility index (Phi) is 4.70. The van der Waals surface area contributed by atoms with E-state index in [1.807, 2.05) is 77.4 Å². The van der Waals surface area contributed by atoms with Crippen molar-refractivity contribution in [3.05, 3.63) is 98.4 Å². The molecule has 0 fully saturated rings. The first kappa shape index (κ1) is 19.9. The molecule has 0 radical (unpaired) electrons. The lowest BCUT2D eigenvalue weighted by Gasteiger charge is -2.06. The molecule has 0 saturated heterocycles. The number of hydrogen-bond donors (Lipinski definition) is 0. The second-order valence-electron chi connectivity index (χ2n) is 7.83. The van der Waals surface area contributed by atoms with E-state index in [2.05, 4.69) is 4.98 Å². The van der Waals surface area contributed by atoms with Crippen molar-refractivity contribution in [2.45, 2.75) is 26.9 Å². The normalized spacial score (nSPS) is 12.0. The van der Waals surface area contributed by atoms with E-state index in [4.69, 9.17) is 4.42 Å². The Morgan fingerprint density at radius 3 is 2.50 bits per heavy atom. The molecular weight excluding hydrogens is 406 g/mol. The molecule has 5 rings (SSSR count). The maximum atomic E-state index is 13.4. The molecule has 0 aliphatic heterocycles. The lowest BCUT2D eigenvalue weighted by Crippen LogP contribution is -2.39. The Labute approximate surface area is 183 Å². The Hall–Kier alpha value is -4.07. The van der Waals surface area contributed by atoms with Gasteiger partial charge in [-0.05, 0) is 31.5 Å². The van der Waals surface area contributed by atoms with Crippen LogP contribution in [0.4, 0.5) is 0 Å². The average molecular weight is 429 g/mol. The van der Waals surface area contributed by atoms with Gasteiger partial charge in [0.05, 0.1) is 12.8 Å². The van der Waals surface area contributed by atoms with Gasteiger partial charge in [-0.3, -0.25) is 18.3 Å². The number of aromatic nitrogens is 5. The number of furan rings is 1. The lowest BCUT2D eigenvalue weighted by molar-refractivity contribution is 0.494. The molecule has 8 nitrogen and oxygen atoms in total. The van der Waals surface area contributed by atoms with Crippen LogP contribution in [0.3, 0.4) is 0 Å². The van der Waals surface area contributed by atoms with Crippen LogP contribution in [-0.4, -0.2) is 23.1 Å². The van der Waals surface area contributed by atoms with Crippen molar-refractivity contribution < 1.29 is 4.42 Å². The van der Waals surface area contributed by atoms with Crippen LogP contribution in [0.5, 0.6) is 0 Å². The van der Waals surface area contributed by atoms with Crippen molar-refractivity contribution in [2.75, 3.05) is 0 Å². The summed E-state index contributed by atoms with van der Waals surface area (Å²) in [5.74, 6) is 1.39. The van der Waals surface area contributed by atoms with Gasteiger partial charge in [0.15, 0.2) is 11.2 Å². The number of nitrogens with zero attached hydrogens (tertiary/aromatic N) is 5. The van der Waals surface area contributed by atoms with Crippen LogP contribution in [0.15, 0.2) is 68.8 Å². The number of allylic oxidation sites excluding steroid dienone is 1. The van der Waals surface area contributed by atoms with Gasteiger partial charge < -0.3 is 8.98 Å². The van der Waals surface area contributed by atoms with Gasteiger partial charge in [0.1, 0.15) is 5.76 Å². The summed E-state index contributed by atoms with van der Waals surface area (Å²) in [5, 5.41) is 0. The minimum Gasteiger partial charge on any atom is -0.467 e. The molecule has 0 bridgehead atoms. The van der Waals surface area contributed by atoms with Crippen LogP contribution >= 0.6 is 0 Å². The minimum absolute atomic E-state index is 0.175. The van der Waals surface area contributed by atoms with Gasteiger partial charge in [0.25, 0.3) is 5.56 Å². The molecule has 162 valence electrons. The van der Waals surface area contributed by atoms with Crippen molar-refractivity contribution in [3.8, 4) is 0 Å². The summed E-state index contributed by atoms with van der Waals surface area (Å²) >= 11 is 0. The van der Waals surface area contributed by atoms with E-state index in [9.17, 15) is 9.59 Å². The fraction of sp³-hybridized carbons (Fsp3) is 0.208. The summed E-state index contributed by atoms with van der Waals surface area (Å²) in [4.78, 5) is 31.1. The van der Waals surface area contributed by atoms with Crippen molar-refractivity contribution >= 4 is 23.0 Å². The number of imidazole rings is 2. The Morgan fingerprint density at radius 2 is 1.78 bits per heavy atom. The summed E-state index contributed by atoms with van der Waals surface area (Å²) in [7, 11) is 1.65. The second kappa shape index (κ2) is 7.56. The third kappa shape index (κ3) is 3.03. The van der Waals surface area contributed by atoms with E-state index < -0.39 is 5.69 Å². The molecule has 0 atom stereocenters. The third-order valence-corrected chi connectivity index (χ3v) is 5.92. The maximum Gasteiger partial charge on any atom is 0.332 e. The van der Waals surface area contributed by atoms with Crippen LogP contribution in [-0.2, 0) is 20.1 Å². The van der Waals surface area contributed by atoms with Gasteiger partial charge in [0.2, 0.25) is 5.78 Å². The SMILES string of the molecule is Cc1c(C)n2c3c(=O)n(C/C=C/c4ccccc4)c(=O)n(C)c3nc2n1Cc1ccco1. The predicted molar refractivity (Wildman–Crippen MR) is 123 cm³/mol. The Morgan fingerprint density at radius 1 is 1.00 bits per heavy atom. The number of fused-ring (bicyclic) bond motifs is 3. The zero-order valence-corrected chi connectivity index (χ0v) is 18.1. The molecule has 0 amide bonds. The zero-order valence-electron chi connectivity index (χ0n) is 18.1. The molecule has 0 aliphatic carbocycles. The maximum absolute atomic E-state index is 13.4. The molecule has 0 spiro atoms. The third-order valence-electron chi connectivity index (χ3n) is 5.92. The van der Waals surface area contributed by atoms with E-state index in [0.29, 0.717) is 23.5 Å². The van der Waals surface area contributed by atoms with Crippen LogP contribution < -0.4 is 11.2 Å². The van der Waals surface area contributed by atoms with E-state index in [0.717, 1.165) is 22.7 Å². The van der Waals surface area contributed by atoms with Gasteiger partial charge in [-0.15, -0.1) is 0 Å². The summed E-state index contributed by atoms with van der Waals surface area (Å²) < 4.78 is 12.0. The summed E-state index contributed by atoms with van der Waals surface area (Å²) in [6.45, 7) is 4.60. The highest BCUT2D eigenvalue weighted by Crippen LogP contribution is 2.22. The highest BCUT2D eigenvalue weighted by Gasteiger charge is 2.22. The van der Waals surface area contributed by atoms with Crippen LogP contribution in [0, 0.1) is 13.8 Å². The Balaban J connectivity index is 1.68. The van der Waals surface area contributed by atoms with E-state index in [1.54, 1.807) is 13.3 Å². The highest BCUT2D eigenvalue weighted by atomic mass is 16.3. The van der Waals surface area contributed by atoms with E-state index in [-0.39, 0.29) is 12.1 Å². The van der Waals surface area contributed by atoms with Gasteiger partial charge in [-0.25, -0.2) is 4.79 Å². The molecule has 0 unspecified atom stereocenters. The summed E-state index contributed by atoms with van der Waals surface area (Å²) in [6.07, 6.45) is 5.35. The lowest BCUT2D eigenvalue weighted by atomic mass is 10.2. The van der Waals surface area contributed by atoms with Gasteiger partial charge in [0, 0.05) is 25.0 Å². The molecule has 0 aliphatic rings. The smallest absolute Gasteiger partial charge is 0.332 e. The molecule has 8 heteroatoms. The monoisotopic (exact) mass is 429 g/mol. The van der Waals surface area contributed by atoms with Gasteiger partial charge in [-0.1, -0.05) is 42.5 Å². The molecule has 4 aromatic heterocycles. The van der Waals surface area contributed by atoms with Crippen LogP contribution in [0.1, 0.15) is 22.7 Å². The molecular formula is C24H23N5O3. The van der Waals surface area contributed by atoms with Gasteiger partial charge in [-0.2, -0.15) is 4.98 Å². The van der Waals surface area contributed by atoms with Crippen LogP contribution in [0.2, 0.25) is 0 Å². The molecule has 5 aromatic rings. The molecule has 4 heterocycles. The standard InChI is InChI=1S/C24H23N5O3/c1-16-17(2)29-20-21(25-23(29)28(16)15-19-12-8-14-32-19)26(3)24(31)27(22(20)30)13-7-11-18-9-5-4-6-10-18/h4-12,14H,13,15H2,1-3H3/b11-7+. The number of rotatable bonds is 5. The molecule has 0 saturated carbocycles. The fourth-order valence-corrected chi connectivity index (χ4v) is 4.08. The second-order valence-corrected chi connectivity index (χ2v) is 7.83. The minimum atomic E-state index is -0.395. The van der Waals surface area contributed by atoms with Crippen molar-refractivity contribution in [1.82, 2.24) is 23.1 Å². The first-order valence-electron chi connectivity index (χ1n) is 10.4. The number of hydrogen-bond acceptors (Lipinski definition) is 4. The molecule has 1 aromatic carbocycles. The van der Waals surface area contributed by atoms with E-state index in [1.165, 1.54) is 9.13 Å². The zero-order chi connectivity index (χ0) is 22.4. The van der Waals surface area contributed by atoms with Crippen LogP contribution in [0.25, 0.3) is 23.0 Å². The quantitative estimate of drug-likeness (QED) is 0.430. The first-order valence-corrected chi connectivity index (χ1v) is 10.4. The van der Waals surface area contributed by atoms with Gasteiger partial charge >= 0.3 is 5.69 Å². The fourth-order valence-electron chi connectivity index (χ4n) is 4.08. The summed E-state index contributed by atoms with van der Waals surface area (Å²) in [6, 6.07) is 13.5. The predicted octanol–water partition coefficient (Wildman–Crippen LogP) is 3.12. The van der Waals surface area contributed by atoms with E-state index >= 15 is 0 Å². The Bertz CT molecular complexity index is 1580. The average Bonchev–Trinajstić information content (AvgIpc) is 3.50. The number of benzene rings is 1. The topological polar surface area (TPSA) is 79.4 Å². The van der Waals surface area contributed by atoms with Crippen molar-refractivity contribution in [3.63, 3.8) is 0 Å². The number of aryl methyl sites for hydroxylation is 2. The summed E-state index contributed by atoms with van der Waals surface area (Å²) in [5.41, 5.74) is 2.90. The van der Waals surface area contributed by atoms with Crippen molar-refractivity contribution in [1.29, 1.82) is 0 Å². The first-order chi connectivity index (χ1) is 15.5. The largest absolute Gasteiger partial charge is 0.467 e. The molecule has 32 heavy (non-hydrogen) atoms. The van der Waals surface area contributed by atoms with Crippen molar-refractivity contribution in [2.24, 2.45) is 7.05 Å². The highest BCUT2D eigenvalue weighted by molar-refractivity contribution is 5.76.